The number of fused-ring (bicyclic) bond motifs is 3. The van der Waals surface area contributed by atoms with Crippen molar-refractivity contribution in [1.29, 1.82) is 0 Å². The maximum atomic E-state index is 11.0. The summed E-state index contributed by atoms with van der Waals surface area (Å²) in [4.78, 5) is 9.34. The Labute approximate surface area is 172 Å². The van der Waals surface area contributed by atoms with E-state index in [0.29, 0.717) is 6.54 Å². The van der Waals surface area contributed by atoms with Crippen LogP contribution in [0.3, 0.4) is 0 Å². The minimum absolute atomic E-state index is 0.559. The Balaban J connectivity index is 1.45. The first kappa shape index (κ1) is 18.6. The average Bonchev–Trinajstić information content (AvgIpc) is 3.36. The number of hydrogen-bond acceptors (Lipinski definition) is 4. The molecule has 1 unspecified atom stereocenters. The molecule has 2 aliphatic heterocycles. The molecule has 0 amide bonds. The second-order valence-corrected chi connectivity index (χ2v) is 8.70. The van der Waals surface area contributed by atoms with Crippen molar-refractivity contribution in [1.82, 2.24) is 14.5 Å². The van der Waals surface area contributed by atoms with Gasteiger partial charge in [-0.25, -0.2) is 4.98 Å². The average molecular weight is 391 g/mol. The predicted octanol–water partition coefficient (Wildman–Crippen LogP) is 3.67. The lowest BCUT2D eigenvalue weighted by atomic mass is 10.0. The summed E-state index contributed by atoms with van der Waals surface area (Å²) in [6.07, 6.45) is 4.81. The maximum absolute atomic E-state index is 11.0. The van der Waals surface area contributed by atoms with Crippen molar-refractivity contribution in [2.45, 2.75) is 45.4 Å². The van der Waals surface area contributed by atoms with E-state index < -0.39 is 6.10 Å². The fraction of sp³-hybridized carbons (Fsp3) is 0.458. The zero-order valence-electron chi connectivity index (χ0n) is 17.4. The SMILES string of the molecule is Cc1ccc2c(c1)c1c(n2CC(O)c2ccc(N3CCCC3)nc2)CCN(C)C1. The summed E-state index contributed by atoms with van der Waals surface area (Å²) in [5.41, 5.74) is 6.21. The van der Waals surface area contributed by atoms with Crippen LogP contribution in [0.2, 0.25) is 0 Å². The van der Waals surface area contributed by atoms with Gasteiger partial charge < -0.3 is 19.5 Å². The molecule has 1 saturated heterocycles. The number of aryl methyl sites for hydroxylation is 1. The van der Waals surface area contributed by atoms with Gasteiger partial charge in [-0.1, -0.05) is 17.7 Å². The van der Waals surface area contributed by atoms with Gasteiger partial charge in [0.15, 0.2) is 0 Å². The maximum Gasteiger partial charge on any atom is 0.128 e. The minimum Gasteiger partial charge on any atom is -0.386 e. The van der Waals surface area contributed by atoms with Crippen LogP contribution in [0.15, 0.2) is 36.5 Å². The molecule has 29 heavy (non-hydrogen) atoms. The highest BCUT2D eigenvalue weighted by Crippen LogP contribution is 2.33. The van der Waals surface area contributed by atoms with Crippen LogP contribution >= 0.6 is 0 Å². The monoisotopic (exact) mass is 390 g/mol. The number of hydrogen-bond donors (Lipinski definition) is 1. The quantitative estimate of drug-likeness (QED) is 0.738. The van der Waals surface area contributed by atoms with Crippen LogP contribution in [0.1, 0.15) is 41.3 Å². The second-order valence-electron chi connectivity index (χ2n) is 8.70. The lowest BCUT2D eigenvalue weighted by molar-refractivity contribution is 0.156. The summed E-state index contributed by atoms with van der Waals surface area (Å²) in [5.74, 6) is 1.03. The second kappa shape index (κ2) is 7.47. The Hall–Kier alpha value is -2.37. The molecule has 0 radical (unpaired) electrons. The number of nitrogens with zero attached hydrogens (tertiary/aromatic N) is 4. The molecular formula is C24H30N4O. The van der Waals surface area contributed by atoms with Crippen LogP contribution < -0.4 is 4.90 Å². The van der Waals surface area contributed by atoms with Crippen LogP contribution in [0.25, 0.3) is 10.9 Å². The molecule has 5 rings (SSSR count). The zero-order chi connectivity index (χ0) is 20.0. The molecule has 3 aromatic rings. The standard InChI is InChI=1S/C24H30N4O/c1-17-5-7-21-19(13-17)20-15-26(2)12-9-22(20)28(21)16-23(29)18-6-8-24(25-14-18)27-10-3-4-11-27/h5-8,13-14,23,29H,3-4,9-12,15-16H2,1-2H3. The van der Waals surface area contributed by atoms with E-state index in [2.05, 4.69) is 57.6 Å². The van der Waals surface area contributed by atoms with Gasteiger partial charge in [0.1, 0.15) is 5.82 Å². The van der Waals surface area contributed by atoms with Crippen LogP contribution in [0.5, 0.6) is 0 Å². The lowest BCUT2D eigenvalue weighted by Gasteiger charge is -2.25. The van der Waals surface area contributed by atoms with Crippen molar-refractivity contribution in [2.75, 3.05) is 31.6 Å². The van der Waals surface area contributed by atoms with E-state index in [9.17, 15) is 5.11 Å². The summed E-state index contributed by atoms with van der Waals surface area (Å²) in [5, 5.41) is 12.4. The van der Waals surface area contributed by atoms with Crippen LogP contribution in [-0.4, -0.2) is 46.2 Å². The zero-order valence-corrected chi connectivity index (χ0v) is 17.4. The van der Waals surface area contributed by atoms with Crippen molar-refractivity contribution < 1.29 is 5.11 Å². The van der Waals surface area contributed by atoms with Crippen molar-refractivity contribution >= 4 is 16.7 Å². The number of aromatic nitrogens is 2. The van der Waals surface area contributed by atoms with E-state index in [0.717, 1.165) is 44.0 Å². The first-order valence-electron chi connectivity index (χ1n) is 10.8. The van der Waals surface area contributed by atoms with E-state index >= 15 is 0 Å². The number of aliphatic hydroxyl groups is 1. The summed E-state index contributed by atoms with van der Waals surface area (Å²) >= 11 is 0. The number of aliphatic hydroxyl groups excluding tert-OH is 1. The Morgan fingerprint density at radius 1 is 1.10 bits per heavy atom. The largest absolute Gasteiger partial charge is 0.386 e. The van der Waals surface area contributed by atoms with E-state index in [1.165, 1.54) is 40.6 Å². The summed E-state index contributed by atoms with van der Waals surface area (Å²) in [6.45, 7) is 6.94. The van der Waals surface area contributed by atoms with Gasteiger partial charge in [0.2, 0.25) is 0 Å². The Kier molecular flexibility index (Phi) is 4.80. The fourth-order valence-electron chi connectivity index (χ4n) is 4.91. The molecule has 1 fully saturated rings. The smallest absolute Gasteiger partial charge is 0.128 e. The van der Waals surface area contributed by atoms with Gasteiger partial charge in [0, 0.05) is 61.0 Å². The number of rotatable bonds is 4. The molecule has 2 aliphatic rings. The third kappa shape index (κ3) is 3.43. The van der Waals surface area contributed by atoms with Gasteiger partial charge in [0.05, 0.1) is 12.6 Å². The number of benzene rings is 1. The molecule has 2 aromatic heterocycles. The van der Waals surface area contributed by atoms with Crippen molar-refractivity contribution in [3.05, 3.63) is 58.9 Å². The van der Waals surface area contributed by atoms with Crippen LogP contribution in [0.4, 0.5) is 5.82 Å². The molecule has 0 bridgehead atoms. The van der Waals surface area contributed by atoms with Gasteiger partial charge in [-0.2, -0.15) is 0 Å². The molecule has 5 heteroatoms. The topological polar surface area (TPSA) is 44.5 Å². The van der Waals surface area contributed by atoms with Crippen molar-refractivity contribution in [3.63, 3.8) is 0 Å². The molecular weight excluding hydrogens is 360 g/mol. The number of pyridine rings is 1. The van der Waals surface area contributed by atoms with Gasteiger partial charge in [-0.05, 0) is 50.6 Å². The first-order chi connectivity index (χ1) is 14.1. The van der Waals surface area contributed by atoms with Crippen LogP contribution in [-0.2, 0) is 19.5 Å². The lowest BCUT2D eigenvalue weighted by Crippen LogP contribution is -2.27. The predicted molar refractivity (Wildman–Crippen MR) is 117 cm³/mol. The van der Waals surface area contributed by atoms with E-state index in [1.54, 1.807) is 0 Å². The van der Waals surface area contributed by atoms with E-state index in [-0.39, 0.29) is 0 Å². The van der Waals surface area contributed by atoms with E-state index in [4.69, 9.17) is 0 Å². The van der Waals surface area contributed by atoms with Gasteiger partial charge >= 0.3 is 0 Å². The highest BCUT2D eigenvalue weighted by Gasteiger charge is 2.24. The van der Waals surface area contributed by atoms with Crippen molar-refractivity contribution in [3.8, 4) is 0 Å². The Morgan fingerprint density at radius 2 is 1.93 bits per heavy atom. The number of likely N-dealkylation sites (N-methyl/N-ethyl adjacent to an activating group) is 1. The summed E-state index contributed by atoms with van der Waals surface area (Å²) < 4.78 is 2.34. The van der Waals surface area contributed by atoms with Crippen molar-refractivity contribution in [2.24, 2.45) is 0 Å². The summed E-state index contributed by atoms with van der Waals surface area (Å²) in [7, 11) is 2.18. The molecule has 1 atom stereocenters. The fourth-order valence-corrected chi connectivity index (χ4v) is 4.91. The van der Waals surface area contributed by atoms with Gasteiger partial charge in [0.25, 0.3) is 0 Å². The Morgan fingerprint density at radius 3 is 2.69 bits per heavy atom. The number of anilines is 1. The van der Waals surface area contributed by atoms with E-state index in [1.807, 2.05) is 12.3 Å². The molecule has 0 spiro atoms. The molecule has 4 heterocycles. The van der Waals surface area contributed by atoms with Crippen LogP contribution in [0, 0.1) is 6.92 Å². The minimum atomic E-state index is -0.559. The highest BCUT2D eigenvalue weighted by atomic mass is 16.3. The third-order valence-corrected chi connectivity index (χ3v) is 6.54. The third-order valence-electron chi connectivity index (χ3n) is 6.54. The molecule has 152 valence electrons. The van der Waals surface area contributed by atoms with Gasteiger partial charge in [-0.3, -0.25) is 0 Å². The molecule has 1 N–H and O–H groups in total. The molecule has 0 saturated carbocycles. The molecule has 5 nitrogen and oxygen atoms in total. The molecule has 0 aliphatic carbocycles. The summed E-state index contributed by atoms with van der Waals surface area (Å²) in [6, 6.07) is 10.8. The first-order valence-corrected chi connectivity index (χ1v) is 10.8. The normalized spacial score (nSPS) is 18.4. The molecule has 1 aromatic carbocycles. The highest BCUT2D eigenvalue weighted by molar-refractivity contribution is 5.86. The Bertz CT molecular complexity index is 1020. The van der Waals surface area contributed by atoms with Gasteiger partial charge in [-0.15, -0.1) is 0 Å².